The van der Waals surface area contributed by atoms with E-state index in [1.165, 1.54) is 5.56 Å². The Morgan fingerprint density at radius 3 is 2.61 bits per heavy atom. The topological polar surface area (TPSA) is 38.3 Å². The molecule has 2 rings (SSSR count). The molecule has 0 atom stereocenters. The lowest BCUT2D eigenvalue weighted by molar-refractivity contribution is -0.118. The van der Waals surface area contributed by atoms with E-state index in [2.05, 4.69) is 27.3 Å². The van der Waals surface area contributed by atoms with E-state index in [1.807, 2.05) is 49.4 Å². The van der Waals surface area contributed by atoms with E-state index in [0.717, 1.165) is 21.5 Å². The van der Waals surface area contributed by atoms with Gasteiger partial charge in [-0.05, 0) is 36.2 Å². The van der Waals surface area contributed by atoms with Crippen molar-refractivity contribution >= 4 is 33.6 Å². The predicted molar refractivity (Wildman–Crippen MR) is 99.8 cm³/mol. The standard InChI is InChI=1S/C18H20BrNO2S/c1-2-22-16-9-7-14(8-10-16)11-20-18(21)13-23-12-15-5-3-4-6-17(15)19/h3-10H,2,11-13H2,1H3,(H,20,21). The van der Waals surface area contributed by atoms with Gasteiger partial charge in [0.2, 0.25) is 5.91 Å². The van der Waals surface area contributed by atoms with Crippen LogP contribution in [0.15, 0.2) is 53.0 Å². The molecular formula is C18H20BrNO2S. The molecule has 3 nitrogen and oxygen atoms in total. The van der Waals surface area contributed by atoms with Crippen LogP contribution in [0.25, 0.3) is 0 Å². The van der Waals surface area contributed by atoms with Gasteiger partial charge in [-0.15, -0.1) is 11.8 Å². The van der Waals surface area contributed by atoms with Crippen molar-refractivity contribution in [2.75, 3.05) is 12.4 Å². The van der Waals surface area contributed by atoms with E-state index in [9.17, 15) is 4.79 Å². The summed E-state index contributed by atoms with van der Waals surface area (Å²) in [4.78, 5) is 11.9. The lowest BCUT2D eigenvalue weighted by Crippen LogP contribution is -2.24. The highest BCUT2D eigenvalue weighted by Gasteiger charge is 2.04. The van der Waals surface area contributed by atoms with Crippen LogP contribution in [0.2, 0.25) is 0 Å². The fourth-order valence-corrected chi connectivity index (χ4v) is 3.46. The van der Waals surface area contributed by atoms with Crippen LogP contribution in [0.5, 0.6) is 5.75 Å². The first kappa shape index (κ1) is 17.9. The Hall–Kier alpha value is -1.46. The zero-order chi connectivity index (χ0) is 16.5. The van der Waals surface area contributed by atoms with Crippen LogP contribution >= 0.6 is 27.7 Å². The molecule has 0 aromatic heterocycles. The maximum Gasteiger partial charge on any atom is 0.230 e. The number of hydrogen-bond acceptors (Lipinski definition) is 3. The summed E-state index contributed by atoms with van der Waals surface area (Å²) in [6, 6.07) is 15.9. The number of nitrogens with one attached hydrogen (secondary N) is 1. The maximum absolute atomic E-state index is 11.9. The van der Waals surface area contributed by atoms with Gasteiger partial charge in [-0.3, -0.25) is 4.79 Å². The summed E-state index contributed by atoms with van der Waals surface area (Å²) >= 11 is 5.13. The quantitative estimate of drug-likeness (QED) is 0.722. The van der Waals surface area contributed by atoms with Gasteiger partial charge in [0.1, 0.15) is 5.75 Å². The number of halogens is 1. The van der Waals surface area contributed by atoms with Gasteiger partial charge >= 0.3 is 0 Å². The van der Waals surface area contributed by atoms with Crippen LogP contribution in [0, 0.1) is 0 Å². The molecule has 0 saturated carbocycles. The highest BCUT2D eigenvalue weighted by Crippen LogP contribution is 2.21. The molecule has 0 fully saturated rings. The van der Waals surface area contributed by atoms with Crippen LogP contribution in [-0.2, 0) is 17.1 Å². The van der Waals surface area contributed by atoms with Gasteiger partial charge in [-0.2, -0.15) is 0 Å². The average Bonchev–Trinajstić information content (AvgIpc) is 2.56. The van der Waals surface area contributed by atoms with Crippen LogP contribution in [0.4, 0.5) is 0 Å². The fourth-order valence-electron chi connectivity index (χ4n) is 1.99. The third-order valence-electron chi connectivity index (χ3n) is 3.17. The summed E-state index contributed by atoms with van der Waals surface area (Å²) in [5.41, 5.74) is 2.27. The molecule has 1 amide bonds. The molecular weight excluding hydrogens is 374 g/mol. The van der Waals surface area contributed by atoms with Gasteiger partial charge in [-0.25, -0.2) is 0 Å². The van der Waals surface area contributed by atoms with Crippen molar-refractivity contribution in [3.8, 4) is 5.75 Å². The van der Waals surface area contributed by atoms with E-state index in [0.29, 0.717) is 18.9 Å². The first-order chi connectivity index (χ1) is 11.2. The predicted octanol–water partition coefficient (Wildman–Crippen LogP) is 4.40. The minimum Gasteiger partial charge on any atom is -0.494 e. The second-order valence-corrected chi connectivity index (χ2v) is 6.78. The monoisotopic (exact) mass is 393 g/mol. The Kier molecular flexibility index (Phi) is 7.49. The molecule has 5 heteroatoms. The number of carbonyl (C=O) groups excluding carboxylic acids is 1. The highest BCUT2D eigenvalue weighted by molar-refractivity contribution is 9.10. The van der Waals surface area contributed by atoms with Crippen LogP contribution in [0.1, 0.15) is 18.1 Å². The summed E-state index contributed by atoms with van der Waals surface area (Å²) in [5, 5.41) is 2.94. The smallest absolute Gasteiger partial charge is 0.230 e. The largest absolute Gasteiger partial charge is 0.494 e. The highest BCUT2D eigenvalue weighted by atomic mass is 79.9. The average molecular weight is 394 g/mol. The Morgan fingerprint density at radius 2 is 1.91 bits per heavy atom. The first-order valence-electron chi connectivity index (χ1n) is 7.48. The number of amides is 1. The van der Waals surface area contributed by atoms with Crippen LogP contribution < -0.4 is 10.1 Å². The molecule has 0 unspecified atom stereocenters. The number of thioether (sulfide) groups is 1. The molecule has 2 aromatic carbocycles. The van der Waals surface area contributed by atoms with Gasteiger partial charge in [0, 0.05) is 16.8 Å². The summed E-state index contributed by atoms with van der Waals surface area (Å²) < 4.78 is 6.48. The molecule has 1 N–H and O–H groups in total. The lowest BCUT2D eigenvalue weighted by atomic mass is 10.2. The van der Waals surface area contributed by atoms with Crippen molar-refractivity contribution in [3.63, 3.8) is 0 Å². The Labute approximate surface area is 149 Å². The van der Waals surface area contributed by atoms with Crippen molar-refractivity contribution in [1.82, 2.24) is 5.32 Å². The second-order valence-electron chi connectivity index (χ2n) is 4.94. The van der Waals surface area contributed by atoms with E-state index >= 15 is 0 Å². The van der Waals surface area contributed by atoms with E-state index < -0.39 is 0 Å². The number of rotatable bonds is 8. The number of benzene rings is 2. The first-order valence-corrected chi connectivity index (χ1v) is 9.43. The zero-order valence-electron chi connectivity index (χ0n) is 13.0. The zero-order valence-corrected chi connectivity index (χ0v) is 15.5. The second kappa shape index (κ2) is 9.63. The molecule has 0 aliphatic heterocycles. The maximum atomic E-state index is 11.9. The summed E-state index contributed by atoms with van der Waals surface area (Å²) in [5.74, 6) is 2.18. The molecule has 122 valence electrons. The molecule has 0 bridgehead atoms. The van der Waals surface area contributed by atoms with E-state index in [1.54, 1.807) is 11.8 Å². The van der Waals surface area contributed by atoms with Gasteiger partial charge in [-0.1, -0.05) is 46.3 Å². The molecule has 0 aliphatic carbocycles. The van der Waals surface area contributed by atoms with Gasteiger partial charge in [0.25, 0.3) is 0 Å². The third kappa shape index (κ3) is 6.28. The SMILES string of the molecule is CCOc1ccc(CNC(=O)CSCc2ccccc2Br)cc1. The van der Waals surface area contributed by atoms with Gasteiger partial charge < -0.3 is 10.1 Å². The molecule has 2 aromatic rings. The summed E-state index contributed by atoms with van der Waals surface area (Å²) in [7, 11) is 0. The van der Waals surface area contributed by atoms with Crippen molar-refractivity contribution in [2.24, 2.45) is 0 Å². The van der Waals surface area contributed by atoms with E-state index in [-0.39, 0.29) is 5.91 Å². The normalized spacial score (nSPS) is 10.3. The lowest BCUT2D eigenvalue weighted by Gasteiger charge is -2.07. The van der Waals surface area contributed by atoms with E-state index in [4.69, 9.17) is 4.74 Å². The molecule has 0 aliphatic rings. The fraction of sp³-hybridized carbons (Fsp3) is 0.278. The van der Waals surface area contributed by atoms with Crippen molar-refractivity contribution in [1.29, 1.82) is 0 Å². The van der Waals surface area contributed by atoms with Crippen molar-refractivity contribution in [3.05, 3.63) is 64.1 Å². The third-order valence-corrected chi connectivity index (χ3v) is 4.93. The number of hydrogen-bond donors (Lipinski definition) is 1. The Balaban J connectivity index is 1.69. The summed E-state index contributed by atoms with van der Waals surface area (Å²) in [6.07, 6.45) is 0. The van der Waals surface area contributed by atoms with Crippen LogP contribution in [0.3, 0.4) is 0 Å². The minimum absolute atomic E-state index is 0.0518. The Morgan fingerprint density at radius 1 is 1.17 bits per heavy atom. The van der Waals surface area contributed by atoms with Gasteiger partial charge in [0.05, 0.1) is 12.4 Å². The summed E-state index contributed by atoms with van der Waals surface area (Å²) in [6.45, 7) is 3.16. The molecule has 0 spiro atoms. The van der Waals surface area contributed by atoms with Crippen LogP contribution in [-0.4, -0.2) is 18.3 Å². The molecule has 0 heterocycles. The molecule has 23 heavy (non-hydrogen) atoms. The number of ether oxygens (including phenoxy) is 1. The van der Waals surface area contributed by atoms with Crippen molar-refractivity contribution in [2.45, 2.75) is 19.2 Å². The number of carbonyl (C=O) groups is 1. The Bertz CT molecular complexity index is 631. The molecule has 0 saturated heterocycles. The minimum atomic E-state index is 0.0518. The van der Waals surface area contributed by atoms with Crippen molar-refractivity contribution < 1.29 is 9.53 Å². The molecule has 0 radical (unpaired) electrons. The van der Waals surface area contributed by atoms with Gasteiger partial charge in [0.15, 0.2) is 0 Å².